The Morgan fingerprint density at radius 3 is 2.81 bits per heavy atom. The van der Waals surface area contributed by atoms with Crippen molar-refractivity contribution in [2.24, 2.45) is 4.99 Å². The molecule has 0 radical (unpaired) electrons. The lowest BCUT2D eigenvalue weighted by molar-refractivity contribution is 0.309. The van der Waals surface area contributed by atoms with Crippen LogP contribution < -0.4 is 15.4 Å². The Balaban J connectivity index is 1.40. The molecule has 7 nitrogen and oxygen atoms in total. The number of pyridine rings is 1. The van der Waals surface area contributed by atoms with Crippen molar-refractivity contribution < 1.29 is 4.74 Å². The molecule has 136 valence electrons. The van der Waals surface area contributed by atoms with Gasteiger partial charge in [0.05, 0.1) is 13.2 Å². The number of fused-ring (bicyclic) bond motifs is 1. The summed E-state index contributed by atoms with van der Waals surface area (Å²) in [6, 6.07) is 13.9. The Kier molecular flexibility index (Phi) is 6.03. The summed E-state index contributed by atoms with van der Waals surface area (Å²) in [6.07, 6.45) is 2.83. The number of benzene rings is 1. The van der Waals surface area contributed by atoms with Crippen molar-refractivity contribution >= 4 is 11.6 Å². The van der Waals surface area contributed by atoms with Crippen LogP contribution in [0.4, 0.5) is 0 Å². The minimum absolute atomic E-state index is 0.546. The summed E-state index contributed by atoms with van der Waals surface area (Å²) in [5.74, 6) is 2.51. The van der Waals surface area contributed by atoms with Gasteiger partial charge in [0, 0.05) is 19.8 Å². The number of hydrogen-bond acceptors (Lipinski definition) is 4. The number of guanidine groups is 1. The molecule has 7 heteroatoms. The molecule has 3 aromatic rings. The second kappa shape index (κ2) is 8.84. The summed E-state index contributed by atoms with van der Waals surface area (Å²) in [6.45, 7) is 4.02. The van der Waals surface area contributed by atoms with Crippen molar-refractivity contribution in [3.63, 3.8) is 0 Å². The summed E-state index contributed by atoms with van der Waals surface area (Å²) >= 11 is 0. The van der Waals surface area contributed by atoms with Gasteiger partial charge in [-0.1, -0.05) is 24.3 Å². The van der Waals surface area contributed by atoms with Crippen molar-refractivity contribution in [1.82, 2.24) is 25.2 Å². The molecule has 0 aliphatic rings. The minimum Gasteiger partial charge on any atom is -0.493 e. The first kappa shape index (κ1) is 17.7. The van der Waals surface area contributed by atoms with Crippen LogP contribution in [0.15, 0.2) is 53.7 Å². The molecule has 0 spiro atoms. The van der Waals surface area contributed by atoms with E-state index in [2.05, 4.69) is 25.8 Å². The van der Waals surface area contributed by atoms with Crippen molar-refractivity contribution in [3.05, 3.63) is 60.0 Å². The maximum atomic E-state index is 5.80. The van der Waals surface area contributed by atoms with E-state index in [1.165, 1.54) is 0 Å². The molecule has 0 bridgehead atoms. The Bertz CT molecular complexity index is 873. The number of nitrogens with zero attached hydrogens (tertiary/aromatic N) is 4. The first-order valence-corrected chi connectivity index (χ1v) is 8.69. The van der Waals surface area contributed by atoms with Gasteiger partial charge in [-0.15, -0.1) is 10.2 Å². The lowest BCUT2D eigenvalue weighted by atomic mass is 10.2. The zero-order chi connectivity index (χ0) is 18.2. The van der Waals surface area contributed by atoms with Crippen molar-refractivity contribution in [1.29, 1.82) is 0 Å². The molecule has 0 aliphatic carbocycles. The van der Waals surface area contributed by atoms with E-state index in [0.29, 0.717) is 13.2 Å². The molecule has 3 rings (SSSR count). The molecule has 0 amide bonds. The smallest absolute Gasteiger partial charge is 0.191 e. The fraction of sp³-hybridized carbons (Fsp3) is 0.316. The van der Waals surface area contributed by atoms with Gasteiger partial charge in [-0.05, 0) is 37.1 Å². The van der Waals surface area contributed by atoms with Gasteiger partial charge in [-0.2, -0.15) is 0 Å². The van der Waals surface area contributed by atoms with Crippen LogP contribution in [-0.4, -0.2) is 40.8 Å². The highest BCUT2D eigenvalue weighted by molar-refractivity contribution is 5.79. The summed E-state index contributed by atoms with van der Waals surface area (Å²) < 4.78 is 7.75. The van der Waals surface area contributed by atoms with Gasteiger partial charge in [0.25, 0.3) is 0 Å². The first-order chi connectivity index (χ1) is 12.8. The second-order valence-electron chi connectivity index (χ2n) is 5.87. The molecule has 26 heavy (non-hydrogen) atoms. The summed E-state index contributed by atoms with van der Waals surface area (Å²) in [5, 5.41) is 14.9. The summed E-state index contributed by atoms with van der Waals surface area (Å²) in [5.41, 5.74) is 1.99. The average Bonchev–Trinajstić information content (AvgIpc) is 3.08. The number of aryl methyl sites for hydroxylation is 1. The number of ether oxygens (including phenoxy) is 1. The highest BCUT2D eigenvalue weighted by atomic mass is 16.5. The van der Waals surface area contributed by atoms with E-state index >= 15 is 0 Å². The Hall–Kier alpha value is -3.09. The molecule has 0 fully saturated rings. The topological polar surface area (TPSA) is 75.8 Å². The molecule has 0 saturated carbocycles. The number of aliphatic imine (C=N–C) groups is 1. The van der Waals surface area contributed by atoms with E-state index in [4.69, 9.17) is 4.74 Å². The highest BCUT2D eigenvalue weighted by Crippen LogP contribution is 2.15. The maximum absolute atomic E-state index is 5.80. The highest BCUT2D eigenvalue weighted by Gasteiger charge is 2.05. The van der Waals surface area contributed by atoms with Crippen LogP contribution in [0.5, 0.6) is 5.75 Å². The van der Waals surface area contributed by atoms with E-state index in [9.17, 15) is 0 Å². The van der Waals surface area contributed by atoms with Gasteiger partial charge in [0.1, 0.15) is 5.75 Å². The largest absolute Gasteiger partial charge is 0.493 e. The van der Waals surface area contributed by atoms with Crippen LogP contribution in [0.3, 0.4) is 0 Å². The van der Waals surface area contributed by atoms with Gasteiger partial charge in [0.2, 0.25) is 0 Å². The zero-order valence-corrected chi connectivity index (χ0v) is 15.1. The van der Waals surface area contributed by atoms with E-state index in [0.717, 1.165) is 41.7 Å². The van der Waals surface area contributed by atoms with Crippen molar-refractivity contribution in [3.8, 4) is 5.75 Å². The average molecular weight is 352 g/mol. The quantitative estimate of drug-likeness (QED) is 0.387. The molecule has 0 atom stereocenters. The third-order valence-electron chi connectivity index (χ3n) is 3.99. The number of nitrogens with one attached hydrogen (secondary N) is 2. The monoisotopic (exact) mass is 352 g/mol. The van der Waals surface area contributed by atoms with Crippen LogP contribution in [0.25, 0.3) is 5.65 Å². The normalized spacial score (nSPS) is 11.5. The molecule has 2 aromatic heterocycles. The van der Waals surface area contributed by atoms with E-state index in [1.54, 1.807) is 7.05 Å². The SMILES string of the molecule is CN=C(NCCCOc1ccccc1C)NCc1nnc2ccccn12. The van der Waals surface area contributed by atoms with Gasteiger partial charge in [0.15, 0.2) is 17.4 Å². The number of hydrogen-bond donors (Lipinski definition) is 2. The summed E-state index contributed by atoms with van der Waals surface area (Å²) in [7, 11) is 1.75. The van der Waals surface area contributed by atoms with Crippen LogP contribution >= 0.6 is 0 Å². The zero-order valence-electron chi connectivity index (χ0n) is 15.1. The molecule has 2 N–H and O–H groups in total. The lowest BCUT2D eigenvalue weighted by Gasteiger charge is -2.12. The van der Waals surface area contributed by atoms with Crippen molar-refractivity contribution in [2.75, 3.05) is 20.2 Å². The molecule has 0 unspecified atom stereocenters. The number of rotatable bonds is 7. The van der Waals surface area contributed by atoms with Crippen LogP contribution in [0.2, 0.25) is 0 Å². The minimum atomic E-state index is 0.546. The van der Waals surface area contributed by atoms with Crippen LogP contribution in [-0.2, 0) is 6.54 Å². The predicted molar refractivity (Wildman–Crippen MR) is 102 cm³/mol. The first-order valence-electron chi connectivity index (χ1n) is 8.69. The lowest BCUT2D eigenvalue weighted by Crippen LogP contribution is -2.38. The Morgan fingerprint density at radius 2 is 1.96 bits per heavy atom. The van der Waals surface area contributed by atoms with Crippen LogP contribution in [0, 0.1) is 6.92 Å². The molecular formula is C19H24N6O. The third kappa shape index (κ3) is 4.50. The Morgan fingerprint density at radius 1 is 1.12 bits per heavy atom. The van der Waals surface area contributed by atoms with Gasteiger partial charge in [-0.3, -0.25) is 9.39 Å². The Labute approximate surface area is 153 Å². The standard InChI is InChI=1S/C19H24N6O/c1-15-8-3-4-9-16(15)26-13-7-11-21-19(20-2)22-14-18-24-23-17-10-5-6-12-25(17)18/h3-6,8-10,12H,7,11,13-14H2,1-2H3,(H2,20,21,22). The summed E-state index contributed by atoms with van der Waals surface area (Å²) in [4.78, 5) is 4.23. The number of aromatic nitrogens is 3. The second-order valence-corrected chi connectivity index (χ2v) is 5.87. The molecule has 2 heterocycles. The molecule has 0 aliphatic heterocycles. The number of para-hydroxylation sites is 1. The van der Waals surface area contributed by atoms with Gasteiger partial charge < -0.3 is 15.4 Å². The van der Waals surface area contributed by atoms with Crippen molar-refractivity contribution in [2.45, 2.75) is 19.9 Å². The van der Waals surface area contributed by atoms with Gasteiger partial charge in [-0.25, -0.2) is 0 Å². The molecule has 0 saturated heterocycles. The van der Waals surface area contributed by atoms with E-state index in [1.807, 2.05) is 60.0 Å². The fourth-order valence-corrected chi connectivity index (χ4v) is 2.57. The van der Waals surface area contributed by atoms with E-state index in [-0.39, 0.29) is 0 Å². The molecule has 1 aromatic carbocycles. The van der Waals surface area contributed by atoms with Gasteiger partial charge >= 0.3 is 0 Å². The third-order valence-corrected chi connectivity index (χ3v) is 3.99. The van der Waals surface area contributed by atoms with E-state index < -0.39 is 0 Å². The predicted octanol–water partition coefficient (Wildman–Crippen LogP) is 2.17. The molecular weight excluding hydrogens is 328 g/mol. The fourth-order valence-electron chi connectivity index (χ4n) is 2.57. The van der Waals surface area contributed by atoms with Crippen LogP contribution in [0.1, 0.15) is 17.8 Å². The maximum Gasteiger partial charge on any atom is 0.191 e.